The number of carbonyl (C=O) groups is 2. The SMILES string of the molecule is C.CCCCCCCCC.O=C(C[SH2+])NC1CCOC1=O. The van der Waals surface area contributed by atoms with Gasteiger partial charge < -0.3 is 10.1 Å². The normalized spacial score (nSPS) is 16.3. The lowest BCUT2D eigenvalue weighted by Crippen LogP contribution is -2.39. The molecule has 5 heteroatoms. The van der Waals surface area contributed by atoms with Crippen molar-refractivity contribution in [2.75, 3.05) is 12.4 Å². The first kappa shape index (κ1) is 22.6. The smallest absolute Gasteiger partial charge is 0.328 e. The molecule has 1 unspecified atom stereocenters. The van der Waals surface area contributed by atoms with Crippen LogP contribution in [0.4, 0.5) is 0 Å². The minimum absolute atomic E-state index is 0. The van der Waals surface area contributed by atoms with Crippen LogP contribution in [0.25, 0.3) is 0 Å². The number of hydrogen-bond donors (Lipinski definition) is 1. The number of carbonyl (C=O) groups excluding carboxylic acids is 2. The predicted molar refractivity (Wildman–Crippen MR) is 92.9 cm³/mol. The van der Waals surface area contributed by atoms with Gasteiger partial charge in [-0.1, -0.05) is 66.2 Å². The van der Waals surface area contributed by atoms with Gasteiger partial charge in [-0.25, -0.2) is 4.79 Å². The maximum Gasteiger partial charge on any atom is 0.328 e. The fourth-order valence-corrected chi connectivity index (χ4v) is 2.00. The molecule has 0 saturated carbocycles. The van der Waals surface area contributed by atoms with Gasteiger partial charge in [0.2, 0.25) is 0 Å². The predicted octanol–water partition coefficient (Wildman–Crippen LogP) is 2.82. The molecule has 1 N–H and O–H groups in total. The second kappa shape index (κ2) is 15.7. The number of nitrogens with one attached hydrogen (secondary N) is 1. The highest BCUT2D eigenvalue weighted by Crippen LogP contribution is 2.06. The van der Waals surface area contributed by atoms with E-state index in [2.05, 4.69) is 36.5 Å². The summed E-state index contributed by atoms with van der Waals surface area (Å²) in [6.07, 6.45) is 10.6. The van der Waals surface area contributed by atoms with E-state index in [0.29, 0.717) is 13.0 Å². The van der Waals surface area contributed by atoms with E-state index >= 15 is 0 Å². The first-order valence-corrected chi connectivity index (χ1v) is 8.47. The van der Waals surface area contributed by atoms with Gasteiger partial charge in [0, 0.05) is 6.42 Å². The minimum Gasteiger partial charge on any atom is -0.464 e. The minimum atomic E-state index is -0.432. The number of hydrogen-bond acceptors (Lipinski definition) is 3. The summed E-state index contributed by atoms with van der Waals surface area (Å²) < 4.78 is 4.64. The number of amides is 1. The number of cyclic esters (lactones) is 1. The highest BCUT2D eigenvalue weighted by atomic mass is 32.1. The van der Waals surface area contributed by atoms with Crippen LogP contribution in [-0.4, -0.2) is 30.3 Å². The fraction of sp³-hybridized carbons (Fsp3) is 0.875. The van der Waals surface area contributed by atoms with Crippen molar-refractivity contribution >= 4 is 24.5 Å². The van der Waals surface area contributed by atoms with Crippen molar-refractivity contribution in [3.63, 3.8) is 0 Å². The molecule has 4 nitrogen and oxygen atoms in total. The maximum atomic E-state index is 10.8. The van der Waals surface area contributed by atoms with Crippen LogP contribution in [0, 0.1) is 0 Å². The van der Waals surface area contributed by atoms with Crippen LogP contribution in [0.3, 0.4) is 0 Å². The third-order valence-corrected chi connectivity index (χ3v) is 3.46. The van der Waals surface area contributed by atoms with Crippen LogP contribution in [-0.2, 0) is 27.0 Å². The van der Waals surface area contributed by atoms with Crippen LogP contribution in [0.5, 0.6) is 0 Å². The number of esters is 1. The molecule has 0 aliphatic carbocycles. The molecule has 1 fully saturated rings. The molecule has 1 aliphatic rings. The first-order valence-electron chi connectivity index (χ1n) is 7.76. The average molecular weight is 321 g/mol. The second-order valence-corrected chi connectivity index (χ2v) is 5.37. The Balaban J connectivity index is 0. The van der Waals surface area contributed by atoms with Gasteiger partial charge in [-0.05, 0) is 12.6 Å². The third-order valence-electron chi connectivity index (χ3n) is 3.14. The molecular formula is C16H34NO3S+. The van der Waals surface area contributed by atoms with Gasteiger partial charge >= 0.3 is 5.97 Å². The van der Waals surface area contributed by atoms with Gasteiger partial charge in [-0.15, -0.1) is 0 Å². The lowest BCUT2D eigenvalue weighted by molar-refractivity contribution is -0.141. The molecule has 0 aromatic heterocycles. The Morgan fingerprint density at radius 2 is 1.71 bits per heavy atom. The van der Waals surface area contributed by atoms with Crippen molar-refractivity contribution in [1.29, 1.82) is 0 Å². The zero-order valence-corrected chi connectivity index (χ0v) is 13.9. The Labute approximate surface area is 135 Å². The van der Waals surface area contributed by atoms with Gasteiger partial charge in [-0.3, -0.25) is 4.79 Å². The summed E-state index contributed by atoms with van der Waals surface area (Å²) >= 11 is 3.02. The van der Waals surface area contributed by atoms with E-state index in [-0.39, 0.29) is 25.1 Å². The molecule has 1 saturated heterocycles. The molecule has 1 rings (SSSR count). The molecule has 21 heavy (non-hydrogen) atoms. The molecule has 0 bridgehead atoms. The standard InChI is InChI=1S/C9H20.C6H9NO3S.CH4/c1-3-5-7-9-8-6-4-2;8-5(3-11)7-4-1-2-10-6(4)9;/h3-9H2,1-2H3;4,11H,1-3H2,(H,7,8);1H4/p+1. The van der Waals surface area contributed by atoms with Crippen LogP contribution < -0.4 is 5.32 Å². The number of unbranched alkanes of at least 4 members (excludes halogenated alkanes) is 6. The van der Waals surface area contributed by atoms with E-state index in [0.717, 1.165) is 0 Å². The fourth-order valence-electron chi connectivity index (χ4n) is 1.90. The van der Waals surface area contributed by atoms with Gasteiger partial charge in [-0.2, -0.15) is 0 Å². The summed E-state index contributed by atoms with van der Waals surface area (Å²) in [6, 6.07) is -0.432. The molecular weight excluding hydrogens is 286 g/mol. The summed E-state index contributed by atoms with van der Waals surface area (Å²) in [6.45, 7) is 4.94. The van der Waals surface area contributed by atoms with E-state index in [1.807, 2.05) is 0 Å². The van der Waals surface area contributed by atoms with Crippen molar-refractivity contribution in [2.45, 2.75) is 78.7 Å². The Morgan fingerprint density at radius 1 is 1.19 bits per heavy atom. The Hall–Kier alpha value is -0.710. The van der Waals surface area contributed by atoms with E-state index in [1.165, 1.54) is 44.9 Å². The molecule has 0 aromatic carbocycles. The molecule has 1 aliphatic heterocycles. The van der Waals surface area contributed by atoms with Gasteiger partial charge in [0.05, 0.1) is 6.61 Å². The van der Waals surface area contributed by atoms with Crippen molar-refractivity contribution in [1.82, 2.24) is 5.32 Å². The number of ether oxygens (including phenoxy) is 1. The molecule has 0 radical (unpaired) electrons. The zero-order valence-electron chi connectivity index (χ0n) is 12.9. The van der Waals surface area contributed by atoms with Crippen molar-refractivity contribution in [2.24, 2.45) is 0 Å². The van der Waals surface area contributed by atoms with Crippen LogP contribution in [0.2, 0.25) is 0 Å². The summed E-state index contributed by atoms with van der Waals surface area (Å²) in [5, 5.41) is 2.52. The molecule has 1 amide bonds. The molecule has 0 aromatic rings. The van der Waals surface area contributed by atoms with E-state index in [9.17, 15) is 9.59 Å². The van der Waals surface area contributed by atoms with Crippen LogP contribution >= 0.6 is 0 Å². The van der Waals surface area contributed by atoms with Gasteiger partial charge in [0.1, 0.15) is 6.04 Å². The summed E-state index contributed by atoms with van der Waals surface area (Å²) in [7, 11) is 0. The third kappa shape index (κ3) is 12.7. The van der Waals surface area contributed by atoms with Crippen molar-refractivity contribution in [3.8, 4) is 0 Å². The van der Waals surface area contributed by atoms with Crippen molar-refractivity contribution in [3.05, 3.63) is 0 Å². The summed E-state index contributed by atoms with van der Waals surface area (Å²) in [5.74, 6) is -0.312. The molecule has 126 valence electrons. The van der Waals surface area contributed by atoms with E-state index < -0.39 is 6.04 Å². The second-order valence-electron chi connectivity index (χ2n) is 5.02. The quantitative estimate of drug-likeness (QED) is 0.425. The zero-order chi connectivity index (χ0) is 15.2. The molecule has 0 spiro atoms. The monoisotopic (exact) mass is 320 g/mol. The Morgan fingerprint density at radius 3 is 2.10 bits per heavy atom. The molecule has 1 heterocycles. The first-order chi connectivity index (χ1) is 9.65. The van der Waals surface area contributed by atoms with Crippen LogP contribution in [0.1, 0.15) is 72.6 Å². The summed E-state index contributed by atoms with van der Waals surface area (Å²) in [5.41, 5.74) is 0. The highest BCUT2D eigenvalue weighted by molar-refractivity contribution is 7.59. The molecule has 1 atom stereocenters. The lowest BCUT2D eigenvalue weighted by atomic mass is 10.1. The maximum absolute atomic E-state index is 10.8. The topological polar surface area (TPSA) is 55.4 Å². The van der Waals surface area contributed by atoms with Gasteiger partial charge in [0.15, 0.2) is 5.75 Å². The number of rotatable bonds is 8. The Bertz CT molecular complexity index is 266. The van der Waals surface area contributed by atoms with Crippen molar-refractivity contribution < 1.29 is 14.3 Å². The highest BCUT2D eigenvalue weighted by Gasteiger charge is 2.27. The lowest BCUT2D eigenvalue weighted by Gasteiger charge is -2.04. The van der Waals surface area contributed by atoms with E-state index in [1.54, 1.807) is 0 Å². The largest absolute Gasteiger partial charge is 0.464 e. The Kier molecular flexibility index (Phi) is 16.8. The van der Waals surface area contributed by atoms with Crippen LogP contribution in [0.15, 0.2) is 0 Å². The van der Waals surface area contributed by atoms with Gasteiger partial charge in [0.25, 0.3) is 5.91 Å². The average Bonchev–Trinajstić information content (AvgIpc) is 2.85. The van der Waals surface area contributed by atoms with E-state index in [4.69, 9.17) is 0 Å². The summed E-state index contributed by atoms with van der Waals surface area (Å²) in [4.78, 5) is 21.5.